The molecule has 3 N–H and O–H groups in total. The Morgan fingerprint density at radius 3 is 2.58 bits per heavy atom. The van der Waals surface area contributed by atoms with E-state index in [0.717, 1.165) is 37.4 Å². The summed E-state index contributed by atoms with van der Waals surface area (Å²) in [6.07, 6.45) is 13.4. The highest BCUT2D eigenvalue weighted by molar-refractivity contribution is 5.82. The molecule has 8 atom stereocenters. The first-order chi connectivity index (χ1) is 15.1. The smallest absolute Gasteiger partial charge is 0.226 e. The highest BCUT2D eigenvalue weighted by Crippen LogP contribution is 2.49. The lowest BCUT2D eigenvalue weighted by molar-refractivity contribution is -0.134. The Labute approximate surface area is 188 Å². The third kappa shape index (κ3) is 4.07. The van der Waals surface area contributed by atoms with Crippen LogP contribution in [-0.4, -0.2) is 60.3 Å². The average Bonchev–Trinajstić information content (AvgIpc) is 3.71. The van der Waals surface area contributed by atoms with Crippen LogP contribution in [0, 0.1) is 35.5 Å². The molecule has 0 spiro atoms. The molecule has 0 aromatic carbocycles. The molecule has 3 aliphatic carbocycles. The summed E-state index contributed by atoms with van der Waals surface area (Å²) in [5.41, 5.74) is 6.70. The van der Waals surface area contributed by atoms with Gasteiger partial charge in [-0.25, -0.2) is 10.9 Å². The Kier molecular flexibility index (Phi) is 5.57. The molecule has 3 saturated heterocycles. The van der Waals surface area contributed by atoms with Crippen LogP contribution < -0.4 is 16.2 Å². The summed E-state index contributed by atoms with van der Waals surface area (Å²) in [5.74, 6) is 4.59. The fourth-order valence-electron chi connectivity index (χ4n) is 7.58. The largest absolute Gasteiger partial charge is 0.339 e. The SMILES string of the molecule is C[C@H](CC1NNCN1C)C1CCCC(N2CC3C(CC(C4CC4)NC3C3CC3)C2=O)C1. The van der Waals surface area contributed by atoms with Gasteiger partial charge in [0.05, 0.1) is 12.8 Å². The van der Waals surface area contributed by atoms with E-state index in [1.54, 1.807) is 0 Å². The molecule has 31 heavy (non-hydrogen) atoms. The first-order valence-corrected chi connectivity index (χ1v) is 13.3. The number of hydrogen-bond acceptors (Lipinski definition) is 5. The summed E-state index contributed by atoms with van der Waals surface area (Å²) >= 11 is 0. The number of rotatable bonds is 6. The van der Waals surface area contributed by atoms with Gasteiger partial charge in [0.25, 0.3) is 0 Å². The van der Waals surface area contributed by atoms with E-state index in [9.17, 15) is 4.79 Å². The summed E-state index contributed by atoms with van der Waals surface area (Å²) in [6.45, 7) is 4.41. The predicted octanol–water partition coefficient (Wildman–Crippen LogP) is 2.52. The second kappa shape index (κ2) is 8.27. The number of piperidine rings is 1. The molecule has 3 aliphatic heterocycles. The fraction of sp³-hybridized carbons (Fsp3) is 0.960. The van der Waals surface area contributed by atoms with Crippen molar-refractivity contribution in [2.24, 2.45) is 35.5 Å². The Balaban J connectivity index is 1.12. The highest BCUT2D eigenvalue weighted by Gasteiger charge is 2.55. The van der Waals surface area contributed by atoms with Gasteiger partial charge in [-0.15, -0.1) is 0 Å². The lowest BCUT2D eigenvalue weighted by Crippen LogP contribution is -2.53. The molecule has 1 amide bonds. The standard InChI is InChI=1S/C25H43N5O/c1-15(10-23-28-26-14-29(23)2)18-4-3-5-19(11-18)30-13-21-20(25(30)31)12-22(16-6-7-16)27-24(21)17-8-9-17/h15-24,26-28H,3-14H2,1-2H3/t15-,18?,19?,20?,21?,22?,23?,24?/m1/s1. The highest BCUT2D eigenvalue weighted by atomic mass is 16.2. The second-order valence-electron chi connectivity index (χ2n) is 12.0. The lowest BCUT2D eigenvalue weighted by atomic mass is 9.76. The molecule has 0 bridgehead atoms. The van der Waals surface area contributed by atoms with E-state index in [4.69, 9.17) is 0 Å². The quantitative estimate of drug-likeness (QED) is 0.606. The molecule has 6 nitrogen and oxygen atoms in total. The van der Waals surface area contributed by atoms with Gasteiger partial charge < -0.3 is 10.2 Å². The van der Waals surface area contributed by atoms with Crippen LogP contribution in [0.15, 0.2) is 0 Å². The normalized spacial score (nSPS) is 45.2. The number of carbonyl (C=O) groups excluding carboxylic acids is 1. The monoisotopic (exact) mass is 429 g/mol. The molecule has 6 aliphatic rings. The van der Waals surface area contributed by atoms with Crippen LogP contribution in [0.4, 0.5) is 0 Å². The van der Waals surface area contributed by atoms with Crippen molar-refractivity contribution in [3.63, 3.8) is 0 Å². The lowest BCUT2D eigenvalue weighted by Gasteiger charge is -2.39. The number of carbonyl (C=O) groups is 1. The zero-order valence-corrected chi connectivity index (χ0v) is 19.6. The van der Waals surface area contributed by atoms with Crippen LogP contribution in [0.25, 0.3) is 0 Å². The van der Waals surface area contributed by atoms with Crippen LogP contribution in [0.3, 0.4) is 0 Å². The first-order valence-electron chi connectivity index (χ1n) is 13.3. The molecular formula is C25H43N5O. The van der Waals surface area contributed by atoms with E-state index in [1.807, 2.05) is 0 Å². The Hall–Kier alpha value is -0.690. The molecular weight excluding hydrogens is 386 g/mol. The van der Waals surface area contributed by atoms with E-state index >= 15 is 0 Å². The van der Waals surface area contributed by atoms with E-state index in [0.29, 0.717) is 48.0 Å². The molecule has 6 rings (SSSR count). The van der Waals surface area contributed by atoms with Gasteiger partial charge >= 0.3 is 0 Å². The van der Waals surface area contributed by atoms with Crippen molar-refractivity contribution in [2.45, 2.75) is 95.4 Å². The third-order valence-corrected chi connectivity index (χ3v) is 9.88. The van der Waals surface area contributed by atoms with Gasteiger partial charge in [-0.3, -0.25) is 9.69 Å². The van der Waals surface area contributed by atoms with Crippen LogP contribution in [0.5, 0.6) is 0 Å². The van der Waals surface area contributed by atoms with E-state index in [1.165, 1.54) is 57.8 Å². The summed E-state index contributed by atoms with van der Waals surface area (Å²) in [4.78, 5) is 18.4. The number of fused-ring (bicyclic) bond motifs is 1. The Bertz CT molecular complexity index is 679. The molecule has 6 fully saturated rings. The number of nitrogens with zero attached hydrogens (tertiary/aromatic N) is 2. The van der Waals surface area contributed by atoms with Crippen LogP contribution in [-0.2, 0) is 4.79 Å². The van der Waals surface area contributed by atoms with Crippen molar-refractivity contribution in [1.29, 1.82) is 0 Å². The average molecular weight is 430 g/mol. The zero-order valence-electron chi connectivity index (χ0n) is 19.6. The zero-order chi connectivity index (χ0) is 21.1. The van der Waals surface area contributed by atoms with E-state index in [-0.39, 0.29) is 0 Å². The van der Waals surface area contributed by atoms with E-state index in [2.05, 4.69) is 39.9 Å². The molecule has 174 valence electrons. The summed E-state index contributed by atoms with van der Waals surface area (Å²) in [7, 11) is 2.19. The van der Waals surface area contributed by atoms with Gasteiger partial charge in [-0.05, 0) is 82.1 Å². The first kappa shape index (κ1) is 20.9. The van der Waals surface area contributed by atoms with Gasteiger partial charge in [-0.1, -0.05) is 19.8 Å². The van der Waals surface area contributed by atoms with Gasteiger partial charge in [0, 0.05) is 36.5 Å². The van der Waals surface area contributed by atoms with Crippen molar-refractivity contribution >= 4 is 5.91 Å². The summed E-state index contributed by atoms with van der Waals surface area (Å²) in [6, 6.07) is 1.73. The summed E-state index contributed by atoms with van der Waals surface area (Å²) < 4.78 is 0. The molecule has 3 saturated carbocycles. The van der Waals surface area contributed by atoms with Crippen molar-refractivity contribution in [3.05, 3.63) is 0 Å². The van der Waals surface area contributed by atoms with Crippen molar-refractivity contribution in [1.82, 2.24) is 26.0 Å². The second-order valence-corrected chi connectivity index (χ2v) is 12.0. The number of hydrazine groups is 1. The van der Waals surface area contributed by atoms with Crippen molar-refractivity contribution in [3.8, 4) is 0 Å². The Morgan fingerprint density at radius 1 is 1.06 bits per heavy atom. The molecule has 0 aromatic heterocycles. The van der Waals surface area contributed by atoms with E-state index < -0.39 is 0 Å². The summed E-state index contributed by atoms with van der Waals surface area (Å²) in [5, 5.41) is 4.07. The van der Waals surface area contributed by atoms with Crippen LogP contribution in [0.2, 0.25) is 0 Å². The van der Waals surface area contributed by atoms with Crippen molar-refractivity contribution in [2.75, 3.05) is 20.3 Å². The minimum absolute atomic E-state index is 0.317. The molecule has 6 heteroatoms. The van der Waals surface area contributed by atoms with Gasteiger partial charge in [0.2, 0.25) is 5.91 Å². The molecule has 0 radical (unpaired) electrons. The Morgan fingerprint density at radius 2 is 1.87 bits per heavy atom. The minimum Gasteiger partial charge on any atom is -0.339 e. The minimum atomic E-state index is 0.317. The van der Waals surface area contributed by atoms with Crippen molar-refractivity contribution < 1.29 is 4.79 Å². The molecule has 0 aromatic rings. The fourth-order valence-corrected chi connectivity index (χ4v) is 7.58. The number of likely N-dealkylation sites (tertiary alicyclic amines) is 1. The topological polar surface area (TPSA) is 59.6 Å². The maximum absolute atomic E-state index is 13.7. The third-order valence-electron chi connectivity index (χ3n) is 9.88. The number of amides is 1. The molecule has 7 unspecified atom stereocenters. The number of nitrogens with one attached hydrogen (secondary N) is 3. The maximum Gasteiger partial charge on any atom is 0.226 e. The molecule has 3 heterocycles. The van der Waals surface area contributed by atoms with Gasteiger partial charge in [0.1, 0.15) is 0 Å². The predicted molar refractivity (Wildman–Crippen MR) is 122 cm³/mol. The van der Waals surface area contributed by atoms with Crippen LogP contribution >= 0.6 is 0 Å². The number of hydrogen-bond donors (Lipinski definition) is 3. The van der Waals surface area contributed by atoms with Gasteiger partial charge in [0.15, 0.2) is 0 Å². The maximum atomic E-state index is 13.7. The van der Waals surface area contributed by atoms with Crippen LogP contribution in [0.1, 0.15) is 71.1 Å². The van der Waals surface area contributed by atoms with Gasteiger partial charge in [-0.2, -0.15) is 0 Å².